The molecule has 2 aromatic carbocycles. The van der Waals surface area contributed by atoms with Crippen LogP contribution in [0.15, 0.2) is 72.9 Å². The second-order valence-electron chi connectivity index (χ2n) is 5.42. The van der Waals surface area contributed by atoms with E-state index in [0.29, 0.717) is 17.9 Å². The van der Waals surface area contributed by atoms with Crippen LogP contribution in [0.1, 0.15) is 23.2 Å². The monoisotopic (exact) mass is 356 g/mol. The molecule has 26 heavy (non-hydrogen) atoms. The number of hydrogen-bond acceptors (Lipinski definition) is 4. The summed E-state index contributed by atoms with van der Waals surface area (Å²) in [6.45, 7) is 0. The van der Waals surface area contributed by atoms with E-state index in [9.17, 15) is 0 Å². The minimum Gasteiger partial charge on any atom is -0.238 e. The van der Waals surface area contributed by atoms with E-state index in [4.69, 9.17) is 10.5 Å². The van der Waals surface area contributed by atoms with Crippen LogP contribution in [0.2, 0.25) is 0 Å². The maximum Gasteiger partial charge on any atom is 0.162 e. The fourth-order valence-electron chi connectivity index (χ4n) is 2.55. The minimum absolute atomic E-state index is 0.368. The molecule has 0 unspecified atom stereocenters. The van der Waals surface area contributed by atoms with E-state index < -0.39 is 0 Å². The summed E-state index contributed by atoms with van der Waals surface area (Å²) in [7, 11) is 0. The van der Waals surface area contributed by atoms with Crippen molar-refractivity contribution in [2.45, 2.75) is 6.42 Å². The van der Waals surface area contributed by atoms with Gasteiger partial charge in [-0.05, 0) is 11.6 Å². The summed E-state index contributed by atoms with van der Waals surface area (Å²) in [5, 5.41) is 22.5. The number of thioether (sulfide) groups is 1. The molecule has 0 spiro atoms. The highest BCUT2D eigenvalue weighted by atomic mass is 32.2. The molecule has 0 aliphatic rings. The van der Waals surface area contributed by atoms with Crippen LogP contribution in [0.25, 0.3) is 10.6 Å². The molecule has 0 aliphatic carbocycles. The van der Waals surface area contributed by atoms with Crippen molar-refractivity contribution < 1.29 is 0 Å². The Kier molecular flexibility index (Phi) is 5.88. The van der Waals surface area contributed by atoms with Gasteiger partial charge in [0, 0.05) is 28.8 Å². The molecule has 0 aliphatic heterocycles. The molecule has 1 heterocycles. The summed E-state index contributed by atoms with van der Waals surface area (Å²) in [6, 6.07) is 26.0. The molecule has 0 amide bonds. The third-order valence-corrected chi connectivity index (χ3v) is 4.82. The van der Waals surface area contributed by atoms with Gasteiger partial charge >= 0.3 is 0 Å². The second kappa shape index (κ2) is 8.71. The van der Waals surface area contributed by atoms with Gasteiger partial charge in [-0.15, -0.1) is 11.8 Å². The van der Waals surface area contributed by atoms with Crippen molar-refractivity contribution in [3.63, 3.8) is 0 Å². The van der Waals surface area contributed by atoms with Crippen molar-refractivity contribution >= 4 is 22.4 Å². The Labute approximate surface area is 157 Å². The van der Waals surface area contributed by atoms with E-state index in [0.717, 1.165) is 21.7 Å². The Balaban J connectivity index is 2.22. The summed E-state index contributed by atoms with van der Waals surface area (Å²) in [5.41, 5.74) is 3.33. The van der Waals surface area contributed by atoms with Crippen molar-refractivity contribution in [2.75, 3.05) is 5.75 Å². The molecule has 0 saturated carbocycles. The van der Waals surface area contributed by atoms with Crippen LogP contribution in [0, 0.1) is 22.7 Å². The van der Waals surface area contributed by atoms with Gasteiger partial charge in [-0.3, -0.25) is 0 Å². The third-order valence-electron chi connectivity index (χ3n) is 3.69. The van der Waals surface area contributed by atoms with E-state index in [-0.39, 0.29) is 0 Å². The molecular weight excluding hydrogens is 340 g/mol. The highest BCUT2D eigenvalue weighted by molar-refractivity contribution is 8.08. The van der Waals surface area contributed by atoms with Gasteiger partial charge in [0.25, 0.3) is 0 Å². The lowest BCUT2D eigenvalue weighted by atomic mass is 10.1. The zero-order valence-electron chi connectivity index (χ0n) is 14.0. The first-order chi connectivity index (χ1) is 12.8. The van der Waals surface area contributed by atoms with Crippen LogP contribution in [0.4, 0.5) is 0 Å². The van der Waals surface area contributed by atoms with Gasteiger partial charge in [0.05, 0.1) is 11.8 Å². The molecule has 0 saturated heterocycles. The van der Waals surface area contributed by atoms with E-state index in [1.54, 1.807) is 28.7 Å². The van der Waals surface area contributed by atoms with Gasteiger partial charge in [-0.2, -0.15) is 15.6 Å². The highest BCUT2D eigenvalue weighted by Gasteiger charge is 2.15. The predicted molar refractivity (Wildman–Crippen MR) is 105 cm³/mol. The summed E-state index contributed by atoms with van der Waals surface area (Å²) < 4.78 is 1.75. The van der Waals surface area contributed by atoms with Crippen molar-refractivity contribution in [1.82, 2.24) is 9.78 Å². The van der Waals surface area contributed by atoms with E-state index in [2.05, 4.69) is 17.2 Å². The van der Waals surface area contributed by atoms with E-state index >= 15 is 0 Å². The Hall–Kier alpha value is -3.28. The molecule has 4 nitrogen and oxygen atoms in total. The number of nitriles is 2. The average Bonchev–Trinajstić information content (AvgIpc) is 3.17. The molecule has 0 N–H and O–H groups in total. The lowest BCUT2D eigenvalue weighted by Crippen LogP contribution is -2.03. The molecule has 5 heteroatoms. The number of benzene rings is 2. The lowest BCUT2D eigenvalue weighted by Gasteiger charge is -2.16. The number of aromatic nitrogens is 2. The molecular formula is C21H16N4S. The summed E-state index contributed by atoms with van der Waals surface area (Å²) in [4.78, 5) is 1.03. The predicted octanol–water partition coefficient (Wildman–Crippen LogP) is 4.78. The van der Waals surface area contributed by atoms with Gasteiger partial charge in [0.15, 0.2) is 5.69 Å². The molecule has 1 aromatic heterocycles. The van der Waals surface area contributed by atoms with Crippen LogP contribution in [0.3, 0.4) is 0 Å². The molecule has 0 bridgehead atoms. The topological polar surface area (TPSA) is 65.4 Å². The fourth-order valence-corrected chi connectivity index (χ4v) is 3.60. The van der Waals surface area contributed by atoms with Crippen LogP contribution in [-0.4, -0.2) is 15.5 Å². The Morgan fingerprint density at radius 1 is 0.923 bits per heavy atom. The SMILES string of the molecule is N#CCCS/C(=C(/c1ccccc1)n1ccc(C#N)n1)c1ccccc1. The van der Waals surface area contributed by atoms with Gasteiger partial charge in [0.1, 0.15) is 6.07 Å². The van der Waals surface area contributed by atoms with Crippen LogP contribution >= 0.6 is 11.8 Å². The second-order valence-corrected chi connectivity index (χ2v) is 6.53. The van der Waals surface area contributed by atoms with E-state index in [1.807, 2.05) is 60.7 Å². The van der Waals surface area contributed by atoms with Gasteiger partial charge < -0.3 is 0 Å². The van der Waals surface area contributed by atoms with Crippen molar-refractivity contribution in [1.29, 1.82) is 10.5 Å². The average molecular weight is 356 g/mol. The van der Waals surface area contributed by atoms with Gasteiger partial charge in [-0.25, -0.2) is 4.68 Å². The van der Waals surface area contributed by atoms with E-state index in [1.165, 1.54) is 0 Å². The fraction of sp³-hybridized carbons (Fsp3) is 0.0952. The number of rotatable bonds is 6. The first kappa shape index (κ1) is 17.5. The van der Waals surface area contributed by atoms with Gasteiger partial charge in [-0.1, -0.05) is 60.7 Å². The zero-order valence-corrected chi connectivity index (χ0v) is 14.9. The minimum atomic E-state index is 0.368. The molecule has 3 aromatic rings. The number of nitrogens with zero attached hydrogens (tertiary/aromatic N) is 4. The number of hydrogen-bond donors (Lipinski definition) is 0. The highest BCUT2D eigenvalue weighted by Crippen LogP contribution is 2.36. The molecule has 0 fully saturated rings. The standard InChI is InChI=1S/C21H16N4S/c22-13-7-15-26-21(18-10-5-2-6-11-18)20(17-8-3-1-4-9-17)25-14-12-19(16-23)24-25/h1-6,8-12,14H,7,15H2/b21-20-. The summed E-state index contributed by atoms with van der Waals surface area (Å²) in [5.74, 6) is 0.684. The maximum atomic E-state index is 9.15. The molecule has 0 radical (unpaired) electrons. The van der Waals surface area contributed by atoms with Crippen LogP contribution in [-0.2, 0) is 0 Å². The van der Waals surface area contributed by atoms with Gasteiger partial charge in [0.2, 0.25) is 0 Å². The van der Waals surface area contributed by atoms with Crippen molar-refractivity contribution in [3.8, 4) is 12.1 Å². The third kappa shape index (κ3) is 4.03. The van der Waals surface area contributed by atoms with Crippen LogP contribution in [0.5, 0.6) is 0 Å². The van der Waals surface area contributed by atoms with Crippen LogP contribution < -0.4 is 0 Å². The summed E-state index contributed by atoms with van der Waals surface area (Å²) in [6.07, 6.45) is 2.26. The van der Waals surface area contributed by atoms with Crippen molar-refractivity contribution in [2.24, 2.45) is 0 Å². The smallest absolute Gasteiger partial charge is 0.162 e. The normalized spacial score (nSPS) is 11.3. The molecule has 3 rings (SSSR count). The maximum absolute atomic E-state index is 9.15. The molecule has 0 atom stereocenters. The van der Waals surface area contributed by atoms with Crippen molar-refractivity contribution in [3.05, 3.63) is 89.7 Å². The first-order valence-electron chi connectivity index (χ1n) is 8.14. The molecule has 126 valence electrons. The quantitative estimate of drug-likeness (QED) is 0.471. The summed E-state index contributed by atoms with van der Waals surface area (Å²) >= 11 is 1.63. The lowest BCUT2D eigenvalue weighted by molar-refractivity contribution is 0.899. The Bertz CT molecular complexity index is 976. The largest absolute Gasteiger partial charge is 0.238 e. The Morgan fingerprint density at radius 3 is 2.15 bits per heavy atom. The first-order valence-corrected chi connectivity index (χ1v) is 9.13. The Morgan fingerprint density at radius 2 is 1.58 bits per heavy atom. The zero-order chi connectivity index (χ0) is 18.2.